The number of rotatable bonds is 3. The highest BCUT2D eigenvalue weighted by atomic mass is 35.5. The van der Waals surface area contributed by atoms with E-state index in [9.17, 15) is 4.79 Å². The van der Waals surface area contributed by atoms with Crippen LogP contribution in [0.25, 0.3) is 22.0 Å². The van der Waals surface area contributed by atoms with E-state index in [1.807, 2.05) is 53.4 Å². The third-order valence-electron chi connectivity index (χ3n) is 5.08. The minimum atomic E-state index is 0.0587. The van der Waals surface area contributed by atoms with Gasteiger partial charge in [0.2, 0.25) is 0 Å². The monoisotopic (exact) mass is 380 g/mol. The Kier molecular flexibility index (Phi) is 5.10. The standard InChI is InChI=1S/C22H21ClN2O2/c1-2-18-14-27-11-10-25(18)22(26)16-5-3-4-15(12-16)19-8-9-24-21-7-6-17(23)13-20(19)21/h3-9,12-13,18H,2,10-11,14H2,1H3/t18-/m1/s1. The molecule has 0 radical (unpaired) electrons. The maximum Gasteiger partial charge on any atom is 0.254 e. The lowest BCUT2D eigenvalue weighted by atomic mass is 9.99. The van der Waals surface area contributed by atoms with Crippen LogP contribution in [0.2, 0.25) is 5.02 Å². The van der Waals surface area contributed by atoms with Crippen molar-refractivity contribution in [1.82, 2.24) is 9.88 Å². The van der Waals surface area contributed by atoms with Crippen LogP contribution in [0.5, 0.6) is 0 Å². The van der Waals surface area contributed by atoms with Gasteiger partial charge in [0.15, 0.2) is 0 Å². The molecule has 5 heteroatoms. The van der Waals surface area contributed by atoms with E-state index in [0.29, 0.717) is 30.3 Å². The van der Waals surface area contributed by atoms with Gasteiger partial charge in [-0.15, -0.1) is 0 Å². The largest absolute Gasteiger partial charge is 0.377 e. The van der Waals surface area contributed by atoms with Crippen LogP contribution < -0.4 is 0 Å². The van der Waals surface area contributed by atoms with Gasteiger partial charge in [-0.05, 0) is 53.9 Å². The van der Waals surface area contributed by atoms with Crippen LogP contribution >= 0.6 is 11.6 Å². The molecule has 1 aliphatic heterocycles. The lowest BCUT2D eigenvalue weighted by molar-refractivity contribution is -0.00279. The van der Waals surface area contributed by atoms with Gasteiger partial charge in [-0.1, -0.05) is 30.7 Å². The summed E-state index contributed by atoms with van der Waals surface area (Å²) < 4.78 is 5.53. The van der Waals surface area contributed by atoms with Gasteiger partial charge < -0.3 is 9.64 Å². The molecule has 0 bridgehead atoms. The second-order valence-electron chi connectivity index (χ2n) is 6.74. The van der Waals surface area contributed by atoms with Gasteiger partial charge in [0.05, 0.1) is 24.8 Å². The molecule has 0 saturated carbocycles. The molecular formula is C22H21ClN2O2. The van der Waals surface area contributed by atoms with Gasteiger partial charge in [0.1, 0.15) is 0 Å². The Morgan fingerprint density at radius 3 is 3.00 bits per heavy atom. The molecule has 1 amide bonds. The summed E-state index contributed by atoms with van der Waals surface area (Å²) in [5, 5.41) is 1.65. The first kappa shape index (κ1) is 18.0. The van der Waals surface area contributed by atoms with E-state index in [1.54, 1.807) is 6.20 Å². The Labute approximate surface area is 163 Å². The zero-order valence-corrected chi connectivity index (χ0v) is 15.9. The minimum absolute atomic E-state index is 0.0587. The van der Waals surface area contributed by atoms with Gasteiger partial charge >= 0.3 is 0 Å². The summed E-state index contributed by atoms with van der Waals surface area (Å²) >= 11 is 6.19. The average Bonchev–Trinajstić information content (AvgIpc) is 2.72. The van der Waals surface area contributed by atoms with E-state index in [4.69, 9.17) is 16.3 Å². The number of morpholine rings is 1. The predicted molar refractivity (Wildman–Crippen MR) is 108 cm³/mol. The number of halogens is 1. The van der Waals surface area contributed by atoms with Crippen molar-refractivity contribution in [3.63, 3.8) is 0 Å². The molecule has 1 atom stereocenters. The first-order chi connectivity index (χ1) is 13.2. The number of hydrogen-bond acceptors (Lipinski definition) is 3. The zero-order chi connectivity index (χ0) is 18.8. The lowest BCUT2D eigenvalue weighted by Gasteiger charge is -2.35. The summed E-state index contributed by atoms with van der Waals surface area (Å²) in [4.78, 5) is 19.5. The number of carbonyl (C=O) groups excluding carboxylic acids is 1. The van der Waals surface area contributed by atoms with Crippen molar-refractivity contribution in [3.8, 4) is 11.1 Å². The zero-order valence-electron chi connectivity index (χ0n) is 15.2. The highest BCUT2D eigenvalue weighted by Gasteiger charge is 2.26. The number of fused-ring (bicyclic) bond motifs is 1. The maximum absolute atomic E-state index is 13.1. The van der Waals surface area contributed by atoms with Crippen molar-refractivity contribution in [1.29, 1.82) is 0 Å². The van der Waals surface area contributed by atoms with Gasteiger partial charge in [0.25, 0.3) is 5.91 Å². The molecule has 1 aromatic heterocycles. The molecule has 2 heterocycles. The van der Waals surface area contributed by atoms with Crippen molar-refractivity contribution in [2.45, 2.75) is 19.4 Å². The molecule has 27 heavy (non-hydrogen) atoms. The van der Waals surface area contributed by atoms with Crippen LogP contribution in [0.4, 0.5) is 0 Å². The molecule has 0 N–H and O–H groups in total. The highest BCUT2D eigenvalue weighted by Crippen LogP contribution is 2.30. The number of aromatic nitrogens is 1. The van der Waals surface area contributed by atoms with Crippen LogP contribution in [-0.4, -0.2) is 41.6 Å². The minimum Gasteiger partial charge on any atom is -0.377 e. The Hall–Kier alpha value is -2.43. The molecule has 3 aromatic rings. The average molecular weight is 381 g/mol. The summed E-state index contributed by atoms with van der Waals surface area (Å²) in [7, 11) is 0. The fraction of sp³-hybridized carbons (Fsp3) is 0.273. The molecule has 4 nitrogen and oxygen atoms in total. The Morgan fingerprint density at radius 1 is 1.26 bits per heavy atom. The number of hydrogen-bond donors (Lipinski definition) is 0. The highest BCUT2D eigenvalue weighted by molar-refractivity contribution is 6.31. The number of benzene rings is 2. The molecule has 0 unspecified atom stereocenters. The summed E-state index contributed by atoms with van der Waals surface area (Å²) in [5.41, 5.74) is 3.58. The van der Waals surface area contributed by atoms with Crippen LogP contribution in [0.15, 0.2) is 54.7 Å². The third-order valence-corrected chi connectivity index (χ3v) is 5.32. The van der Waals surface area contributed by atoms with E-state index in [-0.39, 0.29) is 11.9 Å². The van der Waals surface area contributed by atoms with Gasteiger partial charge in [-0.25, -0.2) is 0 Å². The van der Waals surface area contributed by atoms with Crippen LogP contribution in [0.1, 0.15) is 23.7 Å². The second-order valence-corrected chi connectivity index (χ2v) is 7.17. The number of ether oxygens (including phenoxy) is 1. The molecule has 1 fully saturated rings. The second kappa shape index (κ2) is 7.67. The van der Waals surface area contributed by atoms with Crippen molar-refractivity contribution < 1.29 is 9.53 Å². The molecule has 0 aliphatic carbocycles. The van der Waals surface area contributed by atoms with E-state index >= 15 is 0 Å². The van der Waals surface area contributed by atoms with Crippen LogP contribution in [-0.2, 0) is 4.74 Å². The molecule has 1 aliphatic rings. The smallest absolute Gasteiger partial charge is 0.254 e. The number of amides is 1. The summed E-state index contributed by atoms with van der Waals surface area (Å²) in [6, 6.07) is 15.6. The number of pyridine rings is 1. The molecule has 138 valence electrons. The predicted octanol–water partition coefficient (Wildman–Crippen LogP) is 4.81. The number of nitrogens with zero attached hydrogens (tertiary/aromatic N) is 2. The fourth-order valence-corrected chi connectivity index (χ4v) is 3.79. The molecular weight excluding hydrogens is 360 g/mol. The van der Waals surface area contributed by atoms with E-state index in [1.165, 1.54) is 0 Å². The van der Waals surface area contributed by atoms with Crippen LogP contribution in [0.3, 0.4) is 0 Å². The first-order valence-corrected chi connectivity index (χ1v) is 9.58. The summed E-state index contributed by atoms with van der Waals surface area (Å²) in [6.07, 6.45) is 2.67. The maximum atomic E-state index is 13.1. The Balaban J connectivity index is 1.73. The normalized spacial score (nSPS) is 17.3. The molecule has 1 saturated heterocycles. The molecule has 4 rings (SSSR count). The molecule has 0 spiro atoms. The van der Waals surface area contributed by atoms with Gasteiger partial charge in [0, 0.05) is 28.7 Å². The summed E-state index contributed by atoms with van der Waals surface area (Å²) in [6.45, 7) is 3.92. The lowest BCUT2D eigenvalue weighted by Crippen LogP contribution is -2.48. The van der Waals surface area contributed by atoms with Crippen LogP contribution in [0, 0.1) is 0 Å². The van der Waals surface area contributed by atoms with Crippen molar-refractivity contribution >= 4 is 28.4 Å². The third kappa shape index (κ3) is 3.55. The van der Waals surface area contributed by atoms with Crippen molar-refractivity contribution in [2.24, 2.45) is 0 Å². The summed E-state index contributed by atoms with van der Waals surface area (Å²) in [5.74, 6) is 0.0587. The molecule has 2 aromatic carbocycles. The SMILES string of the molecule is CC[C@@H]1COCCN1C(=O)c1cccc(-c2ccnc3ccc(Cl)cc23)c1. The van der Waals surface area contributed by atoms with Gasteiger partial charge in [-0.2, -0.15) is 0 Å². The Bertz CT molecular complexity index is 989. The van der Waals surface area contributed by atoms with Crippen molar-refractivity contribution in [2.75, 3.05) is 19.8 Å². The first-order valence-electron chi connectivity index (χ1n) is 9.21. The topological polar surface area (TPSA) is 42.4 Å². The quantitative estimate of drug-likeness (QED) is 0.655. The van der Waals surface area contributed by atoms with Crippen molar-refractivity contribution in [3.05, 3.63) is 65.3 Å². The Morgan fingerprint density at radius 2 is 2.15 bits per heavy atom. The van der Waals surface area contributed by atoms with E-state index in [2.05, 4.69) is 11.9 Å². The number of carbonyl (C=O) groups is 1. The van der Waals surface area contributed by atoms with E-state index < -0.39 is 0 Å². The van der Waals surface area contributed by atoms with E-state index in [0.717, 1.165) is 28.5 Å². The van der Waals surface area contributed by atoms with Gasteiger partial charge in [-0.3, -0.25) is 9.78 Å². The fourth-order valence-electron chi connectivity index (χ4n) is 3.62.